The molecule has 0 saturated carbocycles. The molecule has 17 heavy (non-hydrogen) atoms. The van der Waals surface area contributed by atoms with Crippen molar-refractivity contribution in [3.8, 4) is 6.07 Å². The van der Waals surface area contributed by atoms with Gasteiger partial charge >= 0.3 is 0 Å². The molecule has 2 nitrogen and oxygen atoms in total. The van der Waals surface area contributed by atoms with Gasteiger partial charge in [0.2, 0.25) is 0 Å². The van der Waals surface area contributed by atoms with E-state index in [2.05, 4.69) is 11.4 Å². The minimum Gasteiger partial charge on any atom is -0.354 e. The van der Waals surface area contributed by atoms with Crippen molar-refractivity contribution in [2.75, 3.05) is 5.32 Å². The fraction of sp³-hybridized carbons (Fsp3) is 0.0714. The van der Waals surface area contributed by atoms with Gasteiger partial charge in [-0.3, -0.25) is 0 Å². The van der Waals surface area contributed by atoms with Gasteiger partial charge in [0.15, 0.2) is 0 Å². The first-order chi connectivity index (χ1) is 8.20. The van der Waals surface area contributed by atoms with Crippen LogP contribution in [-0.2, 0) is 0 Å². The van der Waals surface area contributed by atoms with Crippen LogP contribution >= 0.6 is 11.6 Å². The molecular weight excluding hydrogens is 232 g/mol. The number of hydrogen-bond acceptors (Lipinski definition) is 2. The van der Waals surface area contributed by atoms with E-state index in [9.17, 15) is 0 Å². The van der Waals surface area contributed by atoms with Gasteiger partial charge in [-0.2, -0.15) is 5.26 Å². The van der Waals surface area contributed by atoms with Gasteiger partial charge < -0.3 is 5.32 Å². The first kappa shape index (κ1) is 11.5. The van der Waals surface area contributed by atoms with E-state index in [-0.39, 0.29) is 0 Å². The Labute approximate surface area is 105 Å². The molecule has 0 amide bonds. The van der Waals surface area contributed by atoms with Crippen LogP contribution in [0.25, 0.3) is 0 Å². The van der Waals surface area contributed by atoms with E-state index >= 15 is 0 Å². The molecule has 2 aromatic carbocycles. The lowest BCUT2D eigenvalue weighted by Gasteiger charge is -2.09. The summed E-state index contributed by atoms with van der Waals surface area (Å²) in [6.45, 7) is 2.03. The highest BCUT2D eigenvalue weighted by atomic mass is 35.5. The highest BCUT2D eigenvalue weighted by molar-refractivity contribution is 6.32. The van der Waals surface area contributed by atoms with Crippen molar-refractivity contribution in [1.29, 1.82) is 5.26 Å². The van der Waals surface area contributed by atoms with Crippen molar-refractivity contribution in [3.63, 3.8) is 0 Å². The van der Waals surface area contributed by atoms with Crippen LogP contribution in [0.1, 0.15) is 11.1 Å². The maximum atomic E-state index is 9.05. The number of rotatable bonds is 2. The molecule has 0 aliphatic carbocycles. The van der Waals surface area contributed by atoms with Crippen molar-refractivity contribution in [3.05, 3.63) is 58.6 Å². The monoisotopic (exact) mass is 242 g/mol. The van der Waals surface area contributed by atoms with Crippen LogP contribution < -0.4 is 5.32 Å². The van der Waals surface area contributed by atoms with Crippen LogP contribution in [0.15, 0.2) is 42.5 Å². The zero-order chi connectivity index (χ0) is 12.3. The van der Waals surface area contributed by atoms with Crippen LogP contribution in [0.2, 0.25) is 5.02 Å². The summed E-state index contributed by atoms with van der Waals surface area (Å²) < 4.78 is 0. The molecule has 1 N–H and O–H groups in total. The molecule has 3 heteroatoms. The van der Waals surface area contributed by atoms with Gasteiger partial charge in [0.05, 0.1) is 16.3 Å². The van der Waals surface area contributed by atoms with Gasteiger partial charge in [-0.1, -0.05) is 35.4 Å². The molecule has 0 saturated heterocycles. The molecule has 0 aliphatic heterocycles. The summed E-state index contributed by atoms with van der Waals surface area (Å²) in [5.41, 5.74) is 3.33. The predicted molar refractivity (Wildman–Crippen MR) is 70.6 cm³/mol. The Morgan fingerprint density at radius 3 is 2.47 bits per heavy atom. The summed E-state index contributed by atoms with van der Waals surface area (Å²) in [5.74, 6) is 0. The lowest BCUT2D eigenvalue weighted by Crippen LogP contribution is -1.94. The number of benzene rings is 2. The Morgan fingerprint density at radius 1 is 1.12 bits per heavy atom. The molecule has 0 fully saturated rings. The molecule has 0 aliphatic rings. The molecule has 2 rings (SSSR count). The number of nitrogens with one attached hydrogen (secondary N) is 1. The molecule has 0 unspecified atom stereocenters. The number of nitriles is 1. The highest BCUT2D eigenvalue weighted by Gasteiger charge is 2.05. The normalized spacial score (nSPS) is 9.71. The molecule has 84 valence electrons. The van der Waals surface area contributed by atoms with E-state index in [1.54, 1.807) is 6.07 Å². The molecule has 0 heterocycles. The molecule has 0 spiro atoms. The van der Waals surface area contributed by atoms with Crippen LogP contribution in [0, 0.1) is 18.3 Å². The lowest BCUT2D eigenvalue weighted by molar-refractivity contribution is 1.43. The molecule has 0 bridgehead atoms. The van der Waals surface area contributed by atoms with E-state index in [0.717, 1.165) is 11.4 Å². The summed E-state index contributed by atoms with van der Waals surface area (Å²) in [5, 5.41) is 12.7. The first-order valence-corrected chi connectivity index (χ1v) is 5.61. The Balaban J connectivity index is 2.34. The van der Waals surface area contributed by atoms with Gasteiger partial charge in [0, 0.05) is 5.69 Å². The number of aryl methyl sites for hydroxylation is 1. The minimum absolute atomic E-state index is 0.463. The smallest absolute Gasteiger partial charge is 0.103 e. The Morgan fingerprint density at radius 2 is 1.82 bits per heavy atom. The molecule has 2 aromatic rings. The first-order valence-electron chi connectivity index (χ1n) is 5.23. The minimum atomic E-state index is 0.463. The van der Waals surface area contributed by atoms with Gasteiger partial charge in [0.1, 0.15) is 6.07 Å². The predicted octanol–water partition coefficient (Wildman–Crippen LogP) is 4.26. The molecule has 0 aromatic heterocycles. The van der Waals surface area contributed by atoms with Crippen molar-refractivity contribution in [1.82, 2.24) is 0 Å². The second-order valence-corrected chi connectivity index (χ2v) is 4.17. The fourth-order valence-corrected chi connectivity index (χ4v) is 1.75. The zero-order valence-corrected chi connectivity index (χ0v) is 10.1. The van der Waals surface area contributed by atoms with E-state index in [0.29, 0.717) is 10.6 Å². The average molecular weight is 243 g/mol. The maximum Gasteiger partial charge on any atom is 0.103 e. The molecule has 0 radical (unpaired) electrons. The van der Waals surface area contributed by atoms with Crippen LogP contribution in [0.3, 0.4) is 0 Å². The van der Waals surface area contributed by atoms with Gasteiger partial charge in [-0.15, -0.1) is 0 Å². The fourth-order valence-electron chi connectivity index (χ4n) is 1.53. The van der Waals surface area contributed by atoms with E-state index in [1.165, 1.54) is 5.56 Å². The number of anilines is 2. The van der Waals surface area contributed by atoms with Gasteiger partial charge in [0.25, 0.3) is 0 Å². The lowest BCUT2D eigenvalue weighted by atomic mass is 10.1. The standard InChI is InChI=1S/C14H11ClN2/c1-10-5-7-11(8-6-10)17-14-4-2-3-13(15)12(14)9-16/h2-8,17H,1H3. The van der Waals surface area contributed by atoms with Gasteiger partial charge in [-0.05, 0) is 31.2 Å². The average Bonchev–Trinajstić information content (AvgIpc) is 2.32. The third-order valence-corrected chi connectivity index (χ3v) is 2.77. The third kappa shape index (κ3) is 2.58. The quantitative estimate of drug-likeness (QED) is 0.854. The Hall–Kier alpha value is -1.98. The Kier molecular flexibility index (Phi) is 3.32. The Bertz CT molecular complexity index is 568. The summed E-state index contributed by atoms with van der Waals surface area (Å²) in [6, 6.07) is 15.4. The number of nitrogens with zero attached hydrogens (tertiary/aromatic N) is 1. The second kappa shape index (κ2) is 4.90. The SMILES string of the molecule is Cc1ccc(Nc2cccc(Cl)c2C#N)cc1. The van der Waals surface area contributed by atoms with Crippen LogP contribution in [0.5, 0.6) is 0 Å². The van der Waals surface area contributed by atoms with Crippen molar-refractivity contribution < 1.29 is 0 Å². The number of hydrogen-bond donors (Lipinski definition) is 1. The van der Waals surface area contributed by atoms with Crippen molar-refractivity contribution in [2.24, 2.45) is 0 Å². The summed E-state index contributed by atoms with van der Waals surface area (Å²) in [6.07, 6.45) is 0. The maximum absolute atomic E-state index is 9.05. The summed E-state index contributed by atoms with van der Waals surface area (Å²) in [7, 11) is 0. The highest BCUT2D eigenvalue weighted by Crippen LogP contribution is 2.26. The summed E-state index contributed by atoms with van der Waals surface area (Å²) >= 11 is 5.96. The third-order valence-electron chi connectivity index (χ3n) is 2.46. The van der Waals surface area contributed by atoms with Crippen LogP contribution in [0.4, 0.5) is 11.4 Å². The topological polar surface area (TPSA) is 35.8 Å². The molecule has 0 atom stereocenters. The number of halogens is 1. The largest absolute Gasteiger partial charge is 0.354 e. The second-order valence-electron chi connectivity index (χ2n) is 3.77. The summed E-state index contributed by atoms with van der Waals surface area (Å²) in [4.78, 5) is 0. The van der Waals surface area contributed by atoms with Gasteiger partial charge in [-0.25, -0.2) is 0 Å². The van der Waals surface area contributed by atoms with E-state index in [1.807, 2.05) is 43.3 Å². The molecular formula is C14H11ClN2. The van der Waals surface area contributed by atoms with E-state index in [4.69, 9.17) is 16.9 Å². The van der Waals surface area contributed by atoms with E-state index < -0.39 is 0 Å². The van der Waals surface area contributed by atoms with Crippen molar-refractivity contribution in [2.45, 2.75) is 6.92 Å². The van der Waals surface area contributed by atoms with Crippen LogP contribution in [-0.4, -0.2) is 0 Å². The zero-order valence-electron chi connectivity index (χ0n) is 9.37. The van der Waals surface area contributed by atoms with Crippen molar-refractivity contribution >= 4 is 23.0 Å².